The van der Waals surface area contributed by atoms with Crippen LogP contribution in [0, 0.1) is 6.92 Å². The molecule has 8 heteroatoms. The third kappa shape index (κ3) is 5.66. The molecule has 4 rings (SSSR count). The summed E-state index contributed by atoms with van der Waals surface area (Å²) in [6.45, 7) is 3.85. The molecule has 0 atom stereocenters. The molecule has 35 heavy (non-hydrogen) atoms. The summed E-state index contributed by atoms with van der Waals surface area (Å²) in [5.74, 6) is -0.126. The normalized spacial score (nSPS) is 13.7. The lowest BCUT2D eigenvalue weighted by Gasteiger charge is -2.13. The zero-order chi connectivity index (χ0) is 24.8. The highest BCUT2D eigenvalue weighted by atomic mass is 16.5. The number of aryl methyl sites for hydroxylation is 1. The average molecular weight is 474 g/mol. The molecule has 0 spiro atoms. The molecular weight excluding hydrogens is 446 g/mol. The number of rotatable bonds is 7. The lowest BCUT2D eigenvalue weighted by Crippen LogP contribution is -2.23. The van der Waals surface area contributed by atoms with Crippen molar-refractivity contribution in [3.63, 3.8) is 0 Å². The Balaban J connectivity index is 1.47. The van der Waals surface area contributed by atoms with Crippen molar-refractivity contribution < 1.29 is 23.5 Å². The maximum absolute atomic E-state index is 12.9. The Kier molecular flexibility index (Phi) is 7.40. The zero-order valence-corrected chi connectivity index (χ0v) is 19.7. The Bertz CT molecular complexity index is 1260. The van der Waals surface area contributed by atoms with Crippen molar-refractivity contribution in [2.24, 2.45) is 5.10 Å². The molecule has 0 fully saturated rings. The van der Waals surface area contributed by atoms with E-state index in [4.69, 9.17) is 9.15 Å². The van der Waals surface area contributed by atoms with Gasteiger partial charge in [0.1, 0.15) is 5.76 Å². The first-order chi connectivity index (χ1) is 17.0. The van der Waals surface area contributed by atoms with Crippen LogP contribution in [-0.2, 0) is 22.4 Å². The molecule has 2 amide bonds. The van der Waals surface area contributed by atoms with Crippen molar-refractivity contribution in [2.45, 2.75) is 39.5 Å². The Hall–Kier alpha value is -4.20. The molecule has 1 aliphatic rings. The molecule has 8 nitrogen and oxygen atoms in total. The smallest absolute Gasteiger partial charge is 0.338 e. The van der Waals surface area contributed by atoms with Gasteiger partial charge in [-0.15, -0.1) is 0 Å². The van der Waals surface area contributed by atoms with Gasteiger partial charge in [0, 0.05) is 23.2 Å². The van der Waals surface area contributed by atoms with E-state index >= 15 is 0 Å². The van der Waals surface area contributed by atoms with E-state index in [-0.39, 0.29) is 18.1 Å². The fourth-order valence-corrected chi connectivity index (χ4v) is 4.04. The molecule has 1 aliphatic carbocycles. The summed E-state index contributed by atoms with van der Waals surface area (Å²) in [6, 6.07) is 15.9. The topological polar surface area (TPSA) is 110 Å². The second-order valence-corrected chi connectivity index (χ2v) is 8.22. The van der Waals surface area contributed by atoms with Crippen molar-refractivity contribution in [3.8, 4) is 0 Å². The first-order valence-electron chi connectivity index (χ1n) is 11.6. The highest BCUT2D eigenvalue weighted by molar-refractivity contribution is 6.09. The average Bonchev–Trinajstić information content (AvgIpc) is 3.21. The SMILES string of the molecule is CCOC(=O)c1ccc(NC(=O)c2oc3c(c2C)/C(=N/NC(=O)Cc2ccccc2)CCC3)cc1. The lowest BCUT2D eigenvalue weighted by molar-refractivity contribution is -0.120. The number of esters is 1. The third-order valence-electron chi connectivity index (χ3n) is 5.71. The van der Waals surface area contributed by atoms with Gasteiger partial charge in [-0.25, -0.2) is 10.2 Å². The number of carbonyl (C=O) groups is 3. The summed E-state index contributed by atoms with van der Waals surface area (Å²) in [5, 5.41) is 7.17. The van der Waals surface area contributed by atoms with E-state index in [1.54, 1.807) is 31.2 Å². The number of furan rings is 1. The predicted molar refractivity (Wildman–Crippen MR) is 132 cm³/mol. The quantitative estimate of drug-likeness (QED) is 0.390. The highest BCUT2D eigenvalue weighted by Crippen LogP contribution is 2.30. The summed E-state index contributed by atoms with van der Waals surface area (Å²) in [5.41, 5.74) is 6.63. The Labute approximate surface area is 203 Å². The largest absolute Gasteiger partial charge is 0.462 e. The number of hydrogen-bond donors (Lipinski definition) is 2. The molecule has 1 aromatic heterocycles. The standard InChI is InChI=1S/C27H27N3O5/c1-3-34-27(33)19-12-14-20(15-13-19)28-26(32)25-17(2)24-21(10-7-11-22(24)35-25)29-30-23(31)16-18-8-5-4-6-9-18/h4-6,8-9,12-15H,3,7,10-11,16H2,1-2H3,(H,28,32)(H,30,31)/b29-21+. The van der Waals surface area contributed by atoms with Crippen LogP contribution in [0.25, 0.3) is 0 Å². The van der Waals surface area contributed by atoms with Crippen molar-refractivity contribution in [1.82, 2.24) is 5.43 Å². The first kappa shape index (κ1) is 23.9. The fourth-order valence-electron chi connectivity index (χ4n) is 4.04. The Morgan fingerprint density at radius 2 is 1.77 bits per heavy atom. The number of amides is 2. The maximum Gasteiger partial charge on any atom is 0.338 e. The third-order valence-corrected chi connectivity index (χ3v) is 5.71. The van der Waals surface area contributed by atoms with Gasteiger partial charge in [0.15, 0.2) is 5.76 Å². The van der Waals surface area contributed by atoms with E-state index in [1.165, 1.54) is 0 Å². The molecular formula is C27H27N3O5. The van der Waals surface area contributed by atoms with Crippen LogP contribution < -0.4 is 10.7 Å². The van der Waals surface area contributed by atoms with Gasteiger partial charge in [-0.3, -0.25) is 9.59 Å². The minimum Gasteiger partial charge on any atom is -0.462 e. The van der Waals surface area contributed by atoms with Crippen molar-refractivity contribution in [2.75, 3.05) is 11.9 Å². The van der Waals surface area contributed by atoms with E-state index in [0.717, 1.165) is 17.5 Å². The number of nitrogens with zero attached hydrogens (tertiary/aromatic N) is 1. The van der Waals surface area contributed by atoms with Crippen LogP contribution in [-0.4, -0.2) is 30.1 Å². The maximum atomic E-state index is 12.9. The molecule has 0 radical (unpaired) electrons. The van der Waals surface area contributed by atoms with Crippen molar-refractivity contribution in [1.29, 1.82) is 0 Å². The first-order valence-corrected chi connectivity index (χ1v) is 11.6. The van der Waals surface area contributed by atoms with Crippen LogP contribution in [0.5, 0.6) is 0 Å². The summed E-state index contributed by atoms with van der Waals surface area (Å²) < 4.78 is 10.9. The van der Waals surface area contributed by atoms with Crippen molar-refractivity contribution in [3.05, 3.63) is 88.4 Å². The number of fused-ring (bicyclic) bond motifs is 1. The van der Waals surface area contributed by atoms with Crippen LogP contribution in [0.15, 0.2) is 64.1 Å². The van der Waals surface area contributed by atoms with Crippen LogP contribution in [0.2, 0.25) is 0 Å². The summed E-state index contributed by atoms with van der Waals surface area (Å²) in [7, 11) is 0. The molecule has 0 bridgehead atoms. The number of nitrogens with one attached hydrogen (secondary N) is 2. The monoisotopic (exact) mass is 473 g/mol. The number of hydrogen-bond acceptors (Lipinski definition) is 6. The van der Waals surface area contributed by atoms with Crippen LogP contribution in [0.4, 0.5) is 5.69 Å². The summed E-state index contributed by atoms with van der Waals surface area (Å²) in [4.78, 5) is 37.1. The van der Waals surface area contributed by atoms with Crippen LogP contribution >= 0.6 is 0 Å². The number of carbonyl (C=O) groups excluding carboxylic acids is 3. The van der Waals surface area contributed by atoms with E-state index in [9.17, 15) is 14.4 Å². The minimum atomic E-state index is -0.414. The molecule has 1 heterocycles. The van der Waals surface area contributed by atoms with E-state index in [0.29, 0.717) is 47.7 Å². The second kappa shape index (κ2) is 10.8. The number of ether oxygens (including phenoxy) is 1. The van der Waals surface area contributed by atoms with E-state index < -0.39 is 11.9 Å². The molecule has 2 N–H and O–H groups in total. The minimum absolute atomic E-state index is 0.203. The van der Waals surface area contributed by atoms with Gasteiger partial charge < -0.3 is 14.5 Å². The van der Waals surface area contributed by atoms with Gasteiger partial charge in [0.2, 0.25) is 5.91 Å². The predicted octanol–water partition coefficient (Wildman–Crippen LogP) is 4.42. The molecule has 0 saturated carbocycles. The van der Waals surface area contributed by atoms with Crippen LogP contribution in [0.1, 0.15) is 63.1 Å². The molecule has 0 saturated heterocycles. The molecule has 2 aromatic carbocycles. The molecule has 0 aliphatic heterocycles. The summed E-state index contributed by atoms with van der Waals surface area (Å²) in [6.07, 6.45) is 2.41. The van der Waals surface area contributed by atoms with E-state index in [1.807, 2.05) is 37.3 Å². The fraction of sp³-hybridized carbons (Fsp3) is 0.259. The Morgan fingerprint density at radius 3 is 2.49 bits per heavy atom. The Morgan fingerprint density at radius 1 is 1.03 bits per heavy atom. The molecule has 0 unspecified atom stereocenters. The number of hydrazone groups is 1. The van der Waals surface area contributed by atoms with Crippen LogP contribution in [0.3, 0.4) is 0 Å². The summed E-state index contributed by atoms with van der Waals surface area (Å²) >= 11 is 0. The van der Waals surface area contributed by atoms with Gasteiger partial charge in [-0.1, -0.05) is 30.3 Å². The van der Waals surface area contributed by atoms with Gasteiger partial charge >= 0.3 is 5.97 Å². The van der Waals surface area contributed by atoms with Gasteiger partial charge in [0.25, 0.3) is 5.91 Å². The number of anilines is 1. The lowest BCUT2D eigenvalue weighted by atomic mass is 9.93. The zero-order valence-electron chi connectivity index (χ0n) is 19.7. The van der Waals surface area contributed by atoms with Gasteiger partial charge in [-0.05, 0) is 56.5 Å². The second-order valence-electron chi connectivity index (χ2n) is 8.22. The van der Waals surface area contributed by atoms with Crippen molar-refractivity contribution >= 4 is 29.2 Å². The van der Waals surface area contributed by atoms with Gasteiger partial charge in [-0.2, -0.15) is 5.10 Å². The van der Waals surface area contributed by atoms with Gasteiger partial charge in [0.05, 0.1) is 24.3 Å². The highest BCUT2D eigenvalue weighted by Gasteiger charge is 2.28. The number of benzene rings is 2. The van der Waals surface area contributed by atoms with E-state index in [2.05, 4.69) is 15.8 Å². The molecule has 3 aromatic rings. The molecule has 180 valence electrons.